The van der Waals surface area contributed by atoms with E-state index in [2.05, 4.69) is 4.57 Å². The van der Waals surface area contributed by atoms with Gasteiger partial charge in [-0.2, -0.15) is 0 Å². The minimum absolute atomic E-state index is 0.0481. The summed E-state index contributed by atoms with van der Waals surface area (Å²) >= 11 is 1.38. The fourth-order valence-electron chi connectivity index (χ4n) is 3.08. The van der Waals surface area contributed by atoms with Gasteiger partial charge in [-0.15, -0.1) is 11.3 Å². The van der Waals surface area contributed by atoms with E-state index in [1.807, 2.05) is 23.2 Å². The van der Waals surface area contributed by atoms with Gasteiger partial charge in [-0.1, -0.05) is 0 Å². The van der Waals surface area contributed by atoms with Gasteiger partial charge in [0.05, 0.1) is 4.88 Å². The zero-order chi connectivity index (χ0) is 16.0. The molecule has 4 rings (SSSR count). The summed E-state index contributed by atoms with van der Waals surface area (Å²) in [7, 11) is 0. The van der Waals surface area contributed by atoms with Crippen LogP contribution >= 0.6 is 11.3 Å². The second-order valence-corrected chi connectivity index (χ2v) is 7.15. The molecule has 1 aliphatic carbocycles. The van der Waals surface area contributed by atoms with E-state index in [9.17, 15) is 9.59 Å². The number of nitrogens with one attached hydrogen (secondary N) is 1. The van der Waals surface area contributed by atoms with Crippen molar-refractivity contribution in [2.75, 3.05) is 6.54 Å². The highest BCUT2D eigenvalue weighted by Gasteiger charge is 2.30. The van der Waals surface area contributed by atoms with Gasteiger partial charge < -0.3 is 9.47 Å². The molecule has 0 unspecified atom stereocenters. The van der Waals surface area contributed by atoms with Crippen molar-refractivity contribution in [3.63, 3.8) is 0 Å². The summed E-state index contributed by atoms with van der Waals surface area (Å²) in [5.41, 5.74) is 3.41. The summed E-state index contributed by atoms with van der Waals surface area (Å²) in [5.74, 6) is -0.447. The van der Waals surface area contributed by atoms with Crippen molar-refractivity contribution in [3.05, 3.63) is 45.4 Å². The predicted molar refractivity (Wildman–Crippen MR) is 84.7 cm³/mol. The van der Waals surface area contributed by atoms with Crippen LogP contribution < -0.4 is 5.48 Å². The molecule has 1 saturated carbocycles. The van der Waals surface area contributed by atoms with Gasteiger partial charge in [-0.3, -0.25) is 14.8 Å². The van der Waals surface area contributed by atoms with Crippen LogP contribution in [-0.2, 0) is 13.0 Å². The van der Waals surface area contributed by atoms with Gasteiger partial charge in [-0.05, 0) is 43.0 Å². The van der Waals surface area contributed by atoms with Crippen LogP contribution in [0.4, 0.5) is 0 Å². The summed E-state index contributed by atoms with van der Waals surface area (Å²) in [4.78, 5) is 27.8. The Kier molecular flexibility index (Phi) is 3.46. The molecule has 2 N–H and O–H groups in total. The van der Waals surface area contributed by atoms with Crippen LogP contribution in [-0.4, -0.2) is 33.0 Å². The minimum Gasteiger partial charge on any atom is -0.340 e. The Morgan fingerprint density at radius 1 is 1.35 bits per heavy atom. The van der Waals surface area contributed by atoms with Crippen LogP contribution in [0, 0.1) is 0 Å². The first-order valence-corrected chi connectivity index (χ1v) is 8.51. The topological polar surface area (TPSA) is 74.6 Å². The van der Waals surface area contributed by atoms with Crippen LogP contribution in [0.3, 0.4) is 0 Å². The fourth-order valence-corrected chi connectivity index (χ4v) is 4.13. The number of fused-ring (bicyclic) bond motifs is 1. The average Bonchev–Trinajstić information content (AvgIpc) is 3.14. The van der Waals surface area contributed by atoms with Crippen LogP contribution in [0.2, 0.25) is 0 Å². The number of hydrogen-bond donors (Lipinski definition) is 2. The molecule has 0 atom stereocenters. The number of rotatable bonds is 3. The maximum Gasteiger partial charge on any atom is 0.284 e. The van der Waals surface area contributed by atoms with E-state index >= 15 is 0 Å². The SMILES string of the molecule is O=C(NO)c1cc2c(s1)CCN(C(=O)c1cccn1C1CC1)C2. The maximum atomic E-state index is 12.8. The molecular weight excluding hydrogens is 314 g/mol. The molecule has 0 bridgehead atoms. The highest BCUT2D eigenvalue weighted by Crippen LogP contribution is 2.36. The van der Waals surface area contributed by atoms with Crippen LogP contribution in [0.1, 0.15) is 49.5 Å². The molecule has 7 heteroatoms. The normalized spacial score (nSPS) is 17.0. The van der Waals surface area contributed by atoms with Gasteiger partial charge in [0.1, 0.15) is 5.69 Å². The van der Waals surface area contributed by atoms with E-state index in [-0.39, 0.29) is 5.91 Å². The highest BCUT2D eigenvalue weighted by molar-refractivity contribution is 7.14. The lowest BCUT2D eigenvalue weighted by Gasteiger charge is -2.27. The number of hydroxylamine groups is 1. The third-order valence-electron chi connectivity index (χ3n) is 4.42. The Bertz CT molecular complexity index is 775. The van der Waals surface area contributed by atoms with Crippen molar-refractivity contribution in [1.82, 2.24) is 14.9 Å². The van der Waals surface area contributed by atoms with Crippen LogP contribution in [0.5, 0.6) is 0 Å². The standard InChI is InChI=1S/C16H17N3O3S/c20-15(17-22)14-8-10-9-18(7-5-13(10)23-14)16(21)12-2-1-6-19(12)11-3-4-11/h1-2,6,8,11,22H,3-5,7,9H2,(H,17,20). The Hall–Kier alpha value is -2.12. The van der Waals surface area contributed by atoms with Gasteiger partial charge in [0.2, 0.25) is 0 Å². The molecule has 2 aliphatic rings. The zero-order valence-corrected chi connectivity index (χ0v) is 13.3. The number of hydrogen-bond acceptors (Lipinski definition) is 4. The molecule has 0 aromatic carbocycles. The van der Waals surface area contributed by atoms with Crippen LogP contribution in [0.25, 0.3) is 0 Å². The van der Waals surface area contributed by atoms with E-state index in [1.54, 1.807) is 11.5 Å². The molecule has 1 fully saturated rings. The van der Waals surface area contributed by atoms with Gasteiger partial charge in [0, 0.05) is 30.2 Å². The largest absolute Gasteiger partial charge is 0.340 e. The van der Waals surface area contributed by atoms with E-state index in [1.165, 1.54) is 11.3 Å². The van der Waals surface area contributed by atoms with Gasteiger partial charge in [-0.25, -0.2) is 5.48 Å². The lowest BCUT2D eigenvalue weighted by atomic mass is 10.1. The maximum absolute atomic E-state index is 12.8. The average molecular weight is 331 g/mol. The number of amides is 2. The summed E-state index contributed by atoms with van der Waals surface area (Å²) in [6.45, 7) is 1.17. The van der Waals surface area contributed by atoms with E-state index < -0.39 is 5.91 Å². The molecular formula is C16H17N3O3S. The molecule has 0 radical (unpaired) electrons. The monoisotopic (exact) mass is 331 g/mol. The lowest BCUT2D eigenvalue weighted by molar-refractivity contribution is 0.0710. The summed E-state index contributed by atoms with van der Waals surface area (Å²) in [6.07, 6.45) is 5.01. The van der Waals surface area contributed by atoms with Crippen molar-refractivity contribution in [1.29, 1.82) is 0 Å². The van der Waals surface area contributed by atoms with E-state index in [0.717, 1.165) is 35.4 Å². The first-order valence-electron chi connectivity index (χ1n) is 7.69. The third-order valence-corrected chi connectivity index (χ3v) is 5.65. The summed E-state index contributed by atoms with van der Waals surface area (Å²) in [5, 5.41) is 8.74. The van der Waals surface area contributed by atoms with Crippen molar-refractivity contribution in [2.24, 2.45) is 0 Å². The molecule has 2 aromatic rings. The van der Waals surface area contributed by atoms with Crippen molar-refractivity contribution >= 4 is 23.2 Å². The van der Waals surface area contributed by atoms with Gasteiger partial charge >= 0.3 is 0 Å². The molecule has 2 amide bonds. The smallest absolute Gasteiger partial charge is 0.284 e. The molecule has 3 heterocycles. The molecule has 0 saturated heterocycles. The first kappa shape index (κ1) is 14.5. The Morgan fingerprint density at radius 3 is 2.91 bits per heavy atom. The van der Waals surface area contributed by atoms with Crippen molar-refractivity contribution in [2.45, 2.75) is 31.8 Å². The highest BCUT2D eigenvalue weighted by atomic mass is 32.1. The Labute approximate surface area is 137 Å². The minimum atomic E-state index is -0.495. The number of carbonyl (C=O) groups is 2. The van der Waals surface area contributed by atoms with Crippen molar-refractivity contribution < 1.29 is 14.8 Å². The van der Waals surface area contributed by atoms with E-state index in [4.69, 9.17) is 5.21 Å². The summed E-state index contributed by atoms with van der Waals surface area (Å²) < 4.78 is 2.08. The van der Waals surface area contributed by atoms with Crippen LogP contribution in [0.15, 0.2) is 24.4 Å². The number of nitrogens with zero attached hydrogens (tertiary/aromatic N) is 2. The summed E-state index contributed by atoms with van der Waals surface area (Å²) in [6, 6.07) is 6.06. The molecule has 0 spiro atoms. The molecule has 6 nitrogen and oxygen atoms in total. The number of aromatic nitrogens is 1. The molecule has 120 valence electrons. The lowest BCUT2D eigenvalue weighted by Crippen LogP contribution is -2.36. The van der Waals surface area contributed by atoms with Crippen molar-refractivity contribution in [3.8, 4) is 0 Å². The Balaban J connectivity index is 1.55. The molecule has 23 heavy (non-hydrogen) atoms. The quantitative estimate of drug-likeness (QED) is 0.669. The fraction of sp³-hybridized carbons (Fsp3) is 0.375. The van der Waals surface area contributed by atoms with E-state index in [0.29, 0.717) is 24.0 Å². The molecule has 1 aliphatic heterocycles. The number of carbonyl (C=O) groups excluding carboxylic acids is 2. The predicted octanol–water partition coefficient (Wildman–Crippen LogP) is 2.20. The zero-order valence-electron chi connectivity index (χ0n) is 12.5. The Morgan fingerprint density at radius 2 is 2.17 bits per heavy atom. The second-order valence-electron chi connectivity index (χ2n) is 6.01. The van der Waals surface area contributed by atoms with Gasteiger partial charge in [0.15, 0.2) is 0 Å². The molecule has 2 aromatic heterocycles. The first-order chi connectivity index (χ1) is 11.2. The second kappa shape index (κ2) is 5.50. The number of thiophene rings is 1. The third kappa shape index (κ3) is 2.55. The van der Waals surface area contributed by atoms with Gasteiger partial charge in [0.25, 0.3) is 11.8 Å².